The van der Waals surface area contributed by atoms with Crippen molar-refractivity contribution in [2.24, 2.45) is 0 Å². The van der Waals surface area contributed by atoms with Crippen molar-refractivity contribution in [3.63, 3.8) is 0 Å². The highest BCUT2D eigenvalue weighted by atomic mass is 16.5. The number of carbonyl (C=O) groups is 2. The van der Waals surface area contributed by atoms with Gasteiger partial charge < -0.3 is 29.1 Å². The van der Waals surface area contributed by atoms with Gasteiger partial charge in [0.05, 0.1) is 32.9 Å². The lowest BCUT2D eigenvalue weighted by atomic mass is 9.94. The van der Waals surface area contributed by atoms with Crippen molar-refractivity contribution in [1.29, 1.82) is 0 Å². The second-order valence-electron chi connectivity index (χ2n) is 8.31. The fourth-order valence-electron chi connectivity index (χ4n) is 4.45. The Hall–Kier alpha value is -3.52. The number of aryl methyl sites for hydroxylation is 1. The molecular weight excluding hydrogens is 448 g/mol. The van der Waals surface area contributed by atoms with E-state index in [1.54, 1.807) is 50.6 Å². The number of Topliss-reactive ketones (excluding diaryl/α,β-unsaturated/α-hetero) is 1. The van der Waals surface area contributed by atoms with E-state index in [1.807, 2.05) is 20.8 Å². The number of methoxy groups -OCH3 is 3. The molecule has 188 valence electrons. The van der Waals surface area contributed by atoms with Gasteiger partial charge in [-0.05, 0) is 55.9 Å². The lowest BCUT2D eigenvalue weighted by Crippen LogP contribution is -2.38. The topological polar surface area (TPSA) is 88.5 Å². The molecule has 0 saturated carbocycles. The Labute approximate surface area is 206 Å². The number of carbonyl (C=O) groups excluding carboxylic acids is 2. The van der Waals surface area contributed by atoms with Gasteiger partial charge in [-0.3, -0.25) is 9.59 Å². The molecule has 3 rings (SSSR count). The molecule has 1 heterocycles. The number of ketones is 1. The first-order chi connectivity index (χ1) is 16.8. The van der Waals surface area contributed by atoms with Crippen LogP contribution in [0.3, 0.4) is 0 Å². The van der Waals surface area contributed by atoms with Gasteiger partial charge in [0.25, 0.3) is 11.7 Å². The summed E-state index contributed by atoms with van der Waals surface area (Å²) < 4.78 is 16.3. The number of amides is 1. The van der Waals surface area contributed by atoms with Gasteiger partial charge in [0.15, 0.2) is 0 Å². The number of aliphatic hydroxyl groups is 1. The summed E-state index contributed by atoms with van der Waals surface area (Å²) in [5.41, 5.74) is 1.86. The molecule has 2 aromatic rings. The summed E-state index contributed by atoms with van der Waals surface area (Å²) in [5, 5.41) is 11.3. The molecule has 1 N–H and O–H groups in total. The fourth-order valence-corrected chi connectivity index (χ4v) is 4.45. The third-order valence-electron chi connectivity index (χ3n) is 6.50. The van der Waals surface area contributed by atoms with Gasteiger partial charge in [0.1, 0.15) is 23.0 Å². The van der Waals surface area contributed by atoms with E-state index in [4.69, 9.17) is 14.2 Å². The summed E-state index contributed by atoms with van der Waals surface area (Å²) in [5.74, 6) is 0.0967. The van der Waals surface area contributed by atoms with Gasteiger partial charge in [-0.2, -0.15) is 0 Å². The summed E-state index contributed by atoms with van der Waals surface area (Å²) in [6.45, 7) is 8.51. The van der Waals surface area contributed by atoms with E-state index in [1.165, 1.54) is 12.0 Å². The second kappa shape index (κ2) is 11.3. The molecule has 1 saturated heterocycles. The highest BCUT2D eigenvalue weighted by Gasteiger charge is 2.47. The molecule has 1 atom stereocenters. The minimum absolute atomic E-state index is 0.0302. The molecule has 8 heteroatoms. The number of aliphatic hydroxyl groups excluding tert-OH is 1. The van der Waals surface area contributed by atoms with Crippen molar-refractivity contribution in [2.75, 3.05) is 47.5 Å². The van der Waals surface area contributed by atoms with Gasteiger partial charge >= 0.3 is 0 Å². The lowest BCUT2D eigenvalue weighted by Gasteiger charge is -2.29. The van der Waals surface area contributed by atoms with Gasteiger partial charge in [-0.25, -0.2) is 0 Å². The molecule has 0 aromatic heterocycles. The summed E-state index contributed by atoms with van der Waals surface area (Å²) in [4.78, 5) is 30.3. The number of ether oxygens (including phenoxy) is 3. The fraction of sp³-hybridized carbons (Fsp3) is 0.407. The van der Waals surface area contributed by atoms with Crippen molar-refractivity contribution >= 4 is 17.4 Å². The van der Waals surface area contributed by atoms with Crippen molar-refractivity contribution in [3.8, 4) is 17.2 Å². The molecule has 2 aromatic carbocycles. The first-order valence-electron chi connectivity index (χ1n) is 11.7. The predicted octanol–water partition coefficient (Wildman–Crippen LogP) is 3.78. The average molecular weight is 483 g/mol. The number of hydrogen-bond acceptors (Lipinski definition) is 7. The van der Waals surface area contributed by atoms with Crippen molar-refractivity contribution in [2.45, 2.75) is 26.8 Å². The first kappa shape index (κ1) is 26.1. The molecule has 0 radical (unpaired) electrons. The van der Waals surface area contributed by atoms with Gasteiger partial charge in [-0.15, -0.1) is 0 Å². The molecule has 0 unspecified atom stereocenters. The first-order valence-corrected chi connectivity index (χ1v) is 11.7. The standard InChI is InChI=1S/C27H34N2O6/c1-7-28(8-2)13-14-29-24(20-11-10-19(33-4)16-22(20)35-6)23(26(31)27(29)32)25(30)18-9-12-21(34-5)17(3)15-18/h9-12,15-16,24,30H,7-8,13-14H2,1-6H3/t24-/m0/s1. The molecule has 0 spiro atoms. The number of likely N-dealkylation sites (N-methyl/N-ethyl adjacent to an activating group) is 1. The maximum absolute atomic E-state index is 13.3. The van der Waals surface area contributed by atoms with Crippen LogP contribution < -0.4 is 14.2 Å². The normalized spacial score (nSPS) is 17.2. The van der Waals surface area contributed by atoms with E-state index < -0.39 is 17.7 Å². The summed E-state index contributed by atoms with van der Waals surface area (Å²) in [6.07, 6.45) is 0. The zero-order chi connectivity index (χ0) is 25.7. The highest BCUT2D eigenvalue weighted by Crippen LogP contribution is 2.43. The maximum atomic E-state index is 13.3. The quantitative estimate of drug-likeness (QED) is 0.313. The smallest absolute Gasteiger partial charge is 0.295 e. The van der Waals surface area contributed by atoms with Crippen LogP contribution in [0.25, 0.3) is 5.76 Å². The van der Waals surface area contributed by atoms with Crippen LogP contribution >= 0.6 is 0 Å². The minimum atomic E-state index is -0.811. The molecule has 35 heavy (non-hydrogen) atoms. The average Bonchev–Trinajstić information content (AvgIpc) is 3.13. The zero-order valence-electron chi connectivity index (χ0n) is 21.3. The van der Waals surface area contributed by atoms with E-state index in [0.29, 0.717) is 41.5 Å². The maximum Gasteiger partial charge on any atom is 0.295 e. The van der Waals surface area contributed by atoms with E-state index in [0.717, 1.165) is 18.7 Å². The Morgan fingerprint density at radius 1 is 0.971 bits per heavy atom. The van der Waals surface area contributed by atoms with Crippen LogP contribution in [0.4, 0.5) is 0 Å². The predicted molar refractivity (Wildman–Crippen MR) is 134 cm³/mol. The minimum Gasteiger partial charge on any atom is -0.507 e. The van der Waals surface area contributed by atoms with Crippen LogP contribution in [0.5, 0.6) is 17.2 Å². The van der Waals surface area contributed by atoms with Gasteiger partial charge in [0, 0.05) is 30.3 Å². The van der Waals surface area contributed by atoms with Crippen LogP contribution in [-0.4, -0.2) is 74.1 Å². The number of benzene rings is 2. The Morgan fingerprint density at radius 2 is 1.66 bits per heavy atom. The largest absolute Gasteiger partial charge is 0.507 e. The Balaban J connectivity index is 2.19. The molecule has 0 bridgehead atoms. The molecule has 1 fully saturated rings. The number of likely N-dealkylation sites (tertiary alicyclic amines) is 1. The SMILES string of the molecule is CCN(CC)CCN1C(=O)C(=O)C(=C(O)c2ccc(OC)c(C)c2)[C@@H]1c1ccc(OC)cc1OC. The van der Waals surface area contributed by atoms with Crippen LogP contribution in [0, 0.1) is 6.92 Å². The Morgan fingerprint density at radius 3 is 2.23 bits per heavy atom. The van der Waals surface area contributed by atoms with Gasteiger partial charge in [-0.1, -0.05) is 13.8 Å². The van der Waals surface area contributed by atoms with Crippen molar-refractivity contribution in [3.05, 3.63) is 58.7 Å². The molecule has 1 aliphatic heterocycles. The van der Waals surface area contributed by atoms with Crippen LogP contribution in [0.15, 0.2) is 42.0 Å². The second-order valence-corrected chi connectivity index (χ2v) is 8.31. The van der Waals surface area contributed by atoms with Crippen LogP contribution in [-0.2, 0) is 9.59 Å². The Bertz CT molecular complexity index is 1120. The molecule has 1 aliphatic rings. The molecule has 8 nitrogen and oxygen atoms in total. The summed E-state index contributed by atoms with van der Waals surface area (Å²) in [6, 6.07) is 9.55. The van der Waals surface area contributed by atoms with Gasteiger partial charge in [0.2, 0.25) is 0 Å². The summed E-state index contributed by atoms with van der Waals surface area (Å²) >= 11 is 0. The van der Waals surface area contributed by atoms with E-state index in [2.05, 4.69) is 4.90 Å². The van der Waals surface area contributed by atoms with E-state index in [9.17, 15) is 14.7 Å². The molecule has 1 amide bonds. The van der Waals surface area contributed by atoms with E-state index in [-0.39, 0.29) is 11.3 Å². The third kappa shape index (κ3) is 5.12. The van der Waals surface area contributed by atoms with Crippen molar-refractivity contribution in [1.82, 2.24) is 9.80 Å². The monoisotopic (exact) mass is 482 g/mol. The third-order valence-corrected chi connectivity index (χ3v) is 6.50. The number of nitrogens with zero attached hydrogens (tertiary/aromatic N) is 2. The van der Waals surface area contributed by atoms with Crippen LogP contribution in [0.1, 0.15) is 36.6 Å². The molecule has 0 aliphatic carbocycles. The van der Waals surface area contributed by atoms with Crippen LogP contribution in [0.2, 0.25) is 0 Å². The Kier molecular flexibility index (Phi) is 8.40. The van der Waals surface area contributed by atoms with Crippen molar-refractivity contribution < 1.29 is 28.9 Å². The van der Waals surface area contributed by atoms with E-state index >= 15 is 0 Å². The molecular formula is C27H34N2O6. The number of rotatable bonds is 10. The lowest BCUT2D eigenvalue weighted by molar-refractivity contribution is -0.140. The highest BCUT2D eigenvalue weighted by molar-refractivity contribution is 6.46. The number of hydrogen-bond donors (Lipinski definition) is 1. The zero-order valence-corrected chi connectivity index (χ0v) is 21.3. The summed E-state index contributed by atoms with van der Waals surface area (Å²) in [7, 11) is 4.64.